The minimum absolute atomic E-state index is 1.02. The molecule has 0 saturated heterocycles. The third kappa shape index (κ3) is 3.73. The minimum Gasteiger partial charge on any atom is -0.299 e. The first-order valence-corrected chi connectivity index (χ1v) is 8.38. The molecule has 1 nitrogen and oxygen atoms in total. The fourth-order valence-electron chi connectivity index (χ4n) is 3.67. The molecule has 0 amide bonds. The zero-order chi connectivity index (χ0) is 13.6. The smallest absolute Gasteiger partial charge is 0.0169 e. The molecule has 0 bridgehead atoms. The van der Waals surface area contributed by atoms with Crippen molar-refractivity contribution in [2.24, 2.45) is 5.92 Å². The summed E-state index contributed by atoms with van der Waals surface area (Å²) < 4.78 is 0. The molecule has 1 aromatic carbocycles. The molecule has 3 rings (SSSR count). The summed E-state index contributed by atoms with van der Waals surface area (Å²) in [5.74, 6) is 1.02. The van der Waals surface area contributed by atoms with Gasteiger partial charge in [0.15, 0.2) is 0 Å². The van der Waals surface area contributed by atoms with Crippen molar-refractivity contribution in [3.05, 3.63) is 42.0 Å². The second-order valence-electron chi connectivity index (χ2n) is 6.44. The van der Waals surface area contributed by atoms with E-state index in [-0.39, 0.29) is 0 Å². The highest BCUT2D eigenvalue weighted by atomic mass is 15.1. The van der Waals surface area contributed by atoms with Crippen molar-refractivity contribution in [1.29, 1.82) is 0 Å². The lowest BCUT2D eigenvalue weighted by Gasteiger charge is -2.29. The number of nitrogens with zero attached hydrogens (tertiary/aromatic N) is 1. The summed E-state index contributed by atoms with van der Waals surface area (Å²) in [5, 5.41) is 0. The lowest BCUT2D eigenvalue weighted by Crippen LogP contribution is -2.30. The van der Waals surface area contributed by atoms with Crippen molar-refractivity contribution >= 4 is 5.57 Å². The summed E-state index contributed by atoms with van der Waals surface area (Å²) in [6.45, 7) is 3.70. The summed E-state index contributed by atoms with van der Waals surface area (Å²) in [5.41, 5.74) is 2.96. The van der Waals surface area contributed by atoms with Gasteiger partial charge in [-0.05, 0) is 36.4 Å². The van der Waals surface area contributed by atoms with Gasteiger partial charge in [-0.15, -0.1) is 0 Å². The van der Waals surface area contributed by atoms with Crippen LogP contribution in [0.25, 0.3) is 5.57 Å². The maximum atomic E-state index is 2.64. The number of hydrogen-bond acceptors (Lipinski definition) is 1. The van der Waals surface area contributed by atoms with Gasteiger partial charge in [0.05, 0.1) is 0 Å². The number of rotatable bonds is 4. The Hall–Kier alpha value is -1.08. The quantitative estimate of drug-likeness (QED) is 0.762. The summed E-state index contributed by atoms with van der Waals surface area (Å²) >= 11 is 0. The van der Waals surface area contributed by atoms with Gasteiger partial charge in [-0.3, -0.25) is 4.90 Å². The van der Waals surface area contributed by atoms with Crippen LogP contribution in [0.5, 0.6) is 0 Å². The maximum absolute atomic E-state index is 2.64. The Labute approximate surface area is 123 Å². The van der Waals surface area contributed by atoms with E-state index in [9.17, 15) is 0 Å². The average molecular weight is 269 g/mol. The van der Waals surface area contributed by atoms with Crippen LogP contribution < -0.4 is 0 Å². The van der Waals surface area contributed by atoms with E-state index in [4.69, 9.17) is 0 Å². The van der Waals surface area contributed by atoms with Crippen molar-refractivity contribution in [2.75, 3.05) is 19.6 Å². The fraction of sp³-hybridized carbons (Fsp3) is 0.579. The molecule has 0 radical (unpaired) electrons. The van der Waals surface area contributed by atoms with E-state index in [2.05, 4.69) is 41.3 Å². The Bertz CT molecular complexity index is 428. The Morgan fingerprint density at radius 3 is 2.50 bits per heavy atom. The van der Waals surface area contributed by atoms with Crippen LogP contribution in [0.4, 0.5) is 0 Å². The zero-order valence-corrected chi connectivity index (χ0v) is 12.6. The van der Waals surface area contributed by atoms with Gasteiger partial charge in [0.2, 0.25) is 0 Å². The second-order valence-corrected chi connectivity index (χ2v) is 6.44. The number of benzene rings is 1. The molecule has 0 unspecified atom stereocenters. The van der Waals surface area contributed by atoms with Crippen LogP contribution in [0.3, 0.4) is 0 Å². The molecule has 0 aromatic heterocycles. The highest BCUT2D eigenvalue weighted by Gasteiger charge is 2.17. The van der Waals surface area contributed by atoms with Crippen molar-refractivity contribution in [3.8, 4) is 0 Å². The van der Waals surface area contributed by atoms with Crippen molar-refractivity contribution in [3.63, 3.8) is 0 Å². The van der Waals surface area contributed by atoms with E-state index >= 15 is 0 Å². The van der Waals surface area contributed by atoms with Crippen LogP contribution in [0, 0.1) is 5.92 Å². The van der Waals surface area contributed by atoms with E-state index in [0.717, 1.165) is 12.5 Å². The fourth-order valence-corrected chi connectivity index (χ4v) is 3.67. The highest BCUT2D eigenvalue weighted by Crippen LogP contribution is 2.27. The molecule has 0 N–H and O–H groups in total. The van der Waals surface area contributed by atoms with Crippen molar-refractivity contribution in [1.82, 2.24) is 4.90 Å². The molecule has 1 heteroatoms. The van der Waals surface area contributed by atoms with E-state index in [1.807, 2.05) is 0 Å². The molecule has 1 saturated carbocycles. The SMILES string of the molecule is C1=C(c2ccccc2)CCN(CCC2CCCCC2)C1. The lowest BCUT2D eigenvalue weighted by molar-refractivity contribution is 0.247. The minimum atomic E-state index is 1.02. The van der Waals surface area contributed by atoms with Crippen molar-refractivity contribution < 1.29 is 0 Å². The number of hydrogen-bond donors (Lipinski definition) is 0. The molecule has 2 aliphatic rings. The van der Waals surface area contributed by atoms with Gasteiger partial charge in [-0.25, -0.2) is 0 Å². The Balaban J connectivity index is 1.47. The lowest BCUT2D eigenvalue weighted by atomic mass is 9.87. The van der Waals surface area contributed by atoms with Crippen LogP contribution in [-0.4, -0.2) is 24.5 Å². The molecule has 0 atom stereocenters. The van der Waals surface area contributed by atoms with Gasteiger partial charge < -0.3 is 0 Å². The molecule has 20 heavy (non-hydrogen) atoms. The summed E-state index contributed by atoms with van der Waals surface area (Å²) in [6, 6.07) is 10.9. The maximum Gasteiger partial charge on any atom is 0.0169 e. The predicted octanol–water partition coefficient (Wildman–Crippen LogP) is 4.75. The van der Waals surface area contributed by atoms with Crippen LogP contribution in [0.2, 0.25) is 0 Å². The van der Waals surface area contributed by atoms with E-state index < -0.39 is 0 Å². The Morgan fingerprint density at radius 1 is 1.00 bits per heavy atom. The van der Waals surface area contributed by atoms with E-state index in [1.54, 1.807) is 5.57 Å². The first-order valence-electron chi connectivity index (χ1n) is 8.38. The molecule has 1 aliphatic carbocycles. The zero-order valence-electron chi connectivity index (χ0n) is 12.6. The third-order valence-electron chi connectivity index (χ3n) is 5.02. The first-order chi connectivity index (χ1) is 9.92. The largest absolute Gasteiger partial charge is 0.299 e. The summed E-state index contributed by atoms with van der Waals surface area (Å²) in [4.78, 5) is 2.64. The van der Waals surface area contributed by atoms with E-state index in [1.165, 1.54) is 63.6 Å². The summed E-state index contributed by atoms with van der Waals surface area (Å²) in [6.07, 6.45) is 12.5. The molecule has 1 heterocycles. The second kappa shape index (κ2) is 7.08. The van der Waals surface area contributed by atoms with Crippen LogP contribution in [-0.2, 0) is 0 Å². The van der Waals surface area contributed by atoms with Gasteiger partial charge in [-0.1, -0.05) is 68.5 Å². The van der Waals surface area contributed by atoms with E-state index in [0.29, 0.717) is 0 Å². The summed E-state index contributed by atoms with van der Waals surface area (Å²) in [7, 11) is 0. The average Bonchev–Trinajstić information content (AvgIpc) is 2.55. The molecule has 1 aromatic rings. The van der Waals surface area contributed by atoms with Gasteiger partial charge in [0, 0.05) is 13.1 Å². The normalized spacial score (nSPS) is 21.7. The molecule has 108 valence electrons. The monoisotopic (exact) mass is 269 g/mol. The topological polar surface area (TPSA) is 3.24 Å². The molecule has 1 fully saturated rings. The predicted molar refractivity (Wildman–Crippen MR) is 86.7 cm³/mol. The van der Waals surface area contributed by atoms with Gasteiger partial charge in [0.1, 0.15) is 0 Å². The van der Waals surface area contributed by atoms with Crippen molar-refractivity contribution in [2.45, 2.75) is 44.9 Å². The van der Waals surface area contributed by atoms with Gasteiger partial charge >= 0.3 is 0 Å². The third-order valence-corrected chi connectivity index (χ3v) is 5.02. The van der Waals surface area contributed by atoms with Gasteiger partial charge in [-0.2, -0.15) is 0 Å². The van der Waals surface area contributed by atoms with Crippen LogP contribution in [0.15, 0.2) is 36.4 Å². The molecule has 0 spiro atoms. The standard InChI is InChI=1S/C19H27N/c1-3-7-17(8-4-1)11-14-20-15-12-19(13-16-20)18-9-5-2-6-10-18/h2,5-6,9-10,12,17H,1,3-4,7-8,11,13-16H2. The Morgan fingerprint density at radius 2 is 1.80 bits per heavy atom. The van der Waals surface area contributed by atoms with Gasteiger partial charge in [0.25, 0.3) is 0 Å². The molecular weight excluding hydrogens is 242 g/mol. The highest BCUT2D eigenvalue weighted by molar-refractivity contribution is 5.66. The van der Waals surface area contributed by atoms with Crippen LogP contribution in [0.1, 0.15) is 50.5 Å². The molecule has 1 aliphatic heterocycles. The molecular formula is C19H27N. The Kier molecular flexibility index (Phi) is 4.91. The first kappa shape index (κ1) is 13.9. The van der Waals surface area contributed by atoms with Crippen LogP contribution >= 0.6 is 0 Å².